The number of phenolic OH excluding ortho intramolecular Hbond substituents is 1. The molecule has 0 spiro atoms. The highest BCUT2D eigenvalue weighted by Crippen LogP contribution is 2.41. The van der Waals surface area contributed by atoms with Gasteiger partial charge in [-0.25, -0.2) is 0 Å². The molecule has 0 atom stereocenters. The number of rotatable bonds is 3. The number of allylic oxidation sites excluding steroid dienone is 1. The standard InChI is InChI=1S/C19H30O/c1-13(2)9-10-14-11-12-15(20)17(19(6,7)8)16(14)18(3,4)5/h11-12,20H,1,9-10H2,2-8H3. The van der Waals surface area contributed by atoms with E-state index >= 15 is 0 Å². The highest BCUT2D eigenvalue weighted by Gasteiger charge is 2.30. The van der Waals surface area contributed by atoms with Crippen LogP contribution in [0.1, 0.15) is 71.6 Å². The van der Waals surface area contributed by atoms with Gasteiger partial charge in [-0.3, -0.25) is 0 Å². The van der Waals surface area contributed by atoms with Gasteiger partial charge in [-0.1, -0.05) is 53.2 Å². The van der Waals surface area contributed by atoms with Crippen LogP contribution in [0.2, 0.25) is 0 Å². The Kier molecular flexibility index (Phi) is 4.74. The first-order chi connectivity index (χ1) is 8.94. The van der Waals surface area contributed by atoms with Crippen LogP contribution >= 0.6 is 0 Å². The van der Waals surface area contributed by atoms with E-state index in [0.29, 0.717) is 5.75 Å². The Morgan fingerprint density at radius 2 is 1.50 bits per heavy atom. The molecule has 0 saturated heterocycles. The minimum Gasteiger partial charge on any atom is -0.508 e. The first kappa shape index (κ1) is 16.8. The van der Waals surface area contributed by atoms with Crippen molar-refractivity contribution in [3.05, 3.63) is 41.0 Å². The molecule has 1 rings (SSSR count). The summed E-state index contributed by atoms with van der Waals surface area (Å²) in [6, 6.07) is 3.93. The van der Waals surface area contributed by atoms with E-state index in [0.717, 1.165) is 18.4 Å². The second kappa shape index (κ2) is 5.63. The molecule has 20 heavy (non-hydrogen) atoms. The minimum absolute atomic E-state index is 0.0196. The Balaban J connectivity index is 3.50. The maximum absolute atomic E-state index is 10.4. The highest BCUT2D eigenvalue weighted by molar-refractivity contribution is 5.51. The van der Waals surface area contributed by atoms with Crippen LogP contribution < -0.4 is 0 Å². The zero-order valence-electron chi connectivity index (χ0n) is 14.2. The van der Waals surface area contributed by atoms with Gasteiger partial charge in [0.25, 0.3) is 0 Å². The molecule has 1 N–H and O–H groups in total. The summed E-state index contributed by atoms with van der Waals surface area (Å²) in [6.45, 7) is 19.2. The smallest absolute Gasteiger partial charge is 0.119 e. The van der Waals surface area contributed by atoms with Gasteiger partial charge < -0.3 is 5.11 Å². The van der Waals surface area contributed by atoms with E-state index in [9.17, 15) is 5.11 Å². The summed E-state index contributed by atoms with van der Waals surface area (Å²) in [4.78, 5) is 0. The van der Waals surface area contributed by atoms with Crippen molar-refractivity contribution in [2.45, 2.75) is 72.1 Å². The molecule has 112 valence electrons. The maximum atomic E-state index is 10.4. The quantitative estimate of drug-likeness (QED) is 0.722. The van der Waals surface area contributed by atoms with Crippen LogP contribution in [0.15, 0.2) is 24.3 Å². The molecule has 0 aromatic heterocycles. The normalized spacial score (nSPS) is 12.6. The molecule has 1 nitrogen and oxygen atoms in total. The summed E-state index contributed by atoms with van der Waals surface area (Å²) in [5.41, 5.74) is 4.88. The van der Waals surface area contributed by atoms with Gasteiger partial charge >= 0.3 is 0 Å². The lowest BCUT2D eigenvalue weighted by atomic mass is 9.72. The van der Waals surface area contributed by atoms with Gasteiger partial charge in [0.2, 0.25) is 0 Å². The lowest BCUT2D eigenvalue weighted by molar-refractivity contribution is 0.434. The molecule has 0 unspecified atom stereocenters. The van der Waals surface area contributed by atoms with E-state index in [2.05, 4.69) is 61.1 Å². The molecule has 0 bridgehead atoms. The van der Waals surface area contributed by atoms with Gasteiger partial charge in [0, 0.05) is 5.56 Å². The van der Waals surface area contributed by atoms with Gasteiger partial charge in [0.1, 0.15) is 5.75 Å². The Hall–Kier alpha value is -1.24. The molecule has 0 aliphatic rings. The molecule has 0 amide bonds. The predicted octanol–water partition coefficient (Wildman–Crippen LogP) is 5.50. The van der Waals surface area contributed by atoms with E-state index in [1.165, 1.54) is 16.7 Å². The van der Waals surface area contributed by atoms with Crippen molar-refractivity contribution in [3.8, 4) is 5.75 Å². The van der Waals surface area contributed by atoms with E-state index in [4.69, 9.17) is 0 Å². The fourth-order valence-corrected chi connectivity index (χ4v) is 2.81. The molecule has 0 aliphatic heterocycles. The summed E-state index contributed by atoms with van der Waals surface area (Å²) >= 11 is 0. The molecule has 1 heteroatoms. The van der Waals surface area contributed by atoms with Gasteiger partial charge in [0.15, 0.2) is 0 Å². The molecular formula is C19H30O. The van der Waals surface area contributed by atoms with E-state index < -0.39 is 0 Å². The Bertz CT molecular complexity index is 496. The number of aryl methyl sites for hydroxylation is 1. The zero-order chi connectivity index (χ0) is 15.7. The van der Waals surface area contributed by atoms with Crippen molar-refractivity contribution >= 4 is 0 Å². The largest absolute Gasteiger partial charge is 0.508 e. The van der Waals surface area contributed by atoms with E-state index in [-0.39, 0.29) is 10.8 Å². The second-order valence-corrected chi connectivity index (χ2v) is 7.95. The van der Waals surface area contributed by atoms with Crippen molar-refractivity contribution < 1.29 is 5.11 Å². The van der Waals surface area contributed by atoms with Crippen molar-refractivity contribution in [3.63, 3.8) is 0 Å². The zero-order valence-corrected chi connectivity index (χ0v) is 14.2. The molecular weight excluding hydrogens is 244 g/mol. The van der Waals surface area contributed by atoms with Gasteiger partial charge in [-0.15, -0.1) is 6.58 Å². The average Bonchev–Trinajstić information content (AvgIpc) is 2.23. The van der Waals surface area contributed by atoms with Crippen LogP contribution in [0, 0.1) is 0 Å². The monoisotopic (exact) mass is 274 g/mol. The lowest BCUT2D eigenvalue weighted by Crippen LogP contribution is -2.24. The van der Waals surface area contributed by atoms with E-state index in [1.54, 1.807) is 0 Å². The first-order valence-electron chi connectivity index (χ1n) is 7.44. The molecule has 1 aromatic carbocycles. The van der Waals surface area contributed by atoms with Crippen LogP contribution in [0.25, 0.3) is 0 Å². The Labute approximate surface area is 124 Å². The molecule has 0 fully saturated rings. The third kappa shape index (κ3) is 3.88. The predicted molar refractivity (Wildman–Crippen MR) is 88.6 cm³/mol. The van der Waals surface area contributed by atoms with Crippen LogP contribution in [-0.4, -0.2) is 5.11 Å². The molecule has 0 heterocycles. The molecule has 0 aliphatic carbocycles. The summed E-state index contributed by atoms with van der Waals surface area (Å²) < 4.78 is 0. The summed E-state index contributed by atoms with van der Waals surface area (Å²) in [7, 11) is 0. The third-order valence-corrected chi connectivity index (χ3v) is 3.59. The van der Waals surface area contributed by atoms with Crippen LogP contribution in [0.4, 0.5) is 0 Å². The average molecular weight is 274 g/mol. The Morgan fingerprint density at radius 3 is 1.90 bits per heavy atom. The summed E-state index contributed by atoms with van der Waals surface area (Å²) in [5.74, 6) is 0.418. The maximum Gasteiger partial charge on any atom is 0.119 e. The van der Waals surface area contributed by atoms with E-state index in [1.807, 2.05) is 6.07 Å². The number of benzene rings is 1. The number of phenols is 1. The fraction of sp³-hybridized carbons (Fsp3) is 0.579. The number of aromatic hydroxyl groups is 1. The van der Waals surface area contributed by atoms with Crippen molar-refractivity contribution in [2.24, 2.45) is 0 Å². The molecule has 1 aromatic rings. The topological polar surface area (TPSA) is 20.2 Å². The first-order valence-corrected chi connectivity index (χ1v) is 7.44. The third-order valence-electron chi connectivity index (χ3n) is 3.59. The van der Waals surface area contributed by atoms with Crippen LogP contribution in [0.3, 0.4) is 0 Å². The fourth-order valence-electron chi connectivity index (χ4n) is 2.81. The van der Waals surface area contributed by atoms with Gasteiger partial charge in [0.05, 0.1) is 0 Å². The SMILES string of the molecule is C=C(C)CCc1ccc(O)c(C(C)(C)C)c1C(C)(C)C. The lowest BCUT2D eigenvalue weighted by Gasteiger charge is -2.33. The van der Waals surface area contributed by atoms with Crippen molar-refractivity contribution in [2.75, 3.05) is 0 Å². The number of hydrogen-bond acceptors (Lipinski definition) is 1. The van der Waals surface area contributed by atoms with Crippen molar-refractivity contribution in [1.82, 2.24) is 0 Å². The minimum atomic E-state index is -0.0636. The summed E-state index contributed by atoms with van der Waals surface area (Å²) in [5, 5.41) is 10.4. The van der Waals surface area contributed by atoms with Gasteiger partial charge in [-0.05, 0) is 47.8 Å². The Morgan fingerprint density at radius 1 is 1.00 bits per heavy atom. The molecule has 0 saturated carbocycles. The van der Waals surface area contributed by atoms with Crippen LogP contribution in [0.5, 0.6) is 5.75 Å². The van der Waals surface area contributed by atoms with Gasteiger partial charge in [-0.2, -0.15) is 0 Å². The highest BCUT2D eigenvalue weighted by atomic mass is 16.3. The molecule has 0 radical (unpaired) electrons. The van der Waals surface area contributed by atoms with Crippen molar-refractivity contribution in [1.29, 1.82) is 0 Å². The van der Waals surface area contributed by atoms with Crippen LogP contribution in [-0.2, 0) is 17.3 Å². The summed E-state index contributed by atoms with van der Waals surface area (Å²) in [6.07, 6.45) is 1.99. The second-order valence-electron chi connectivity index (χ2n) is 7.95. The number of hydrogen-bond donors (Lipinski definition) is 1.